The van der Waals surface area contributed by atoms with Crippen molar-refractivity contribution in [2.75, 3.05) is 19.3 Å². The molecule has 0 aliphatic carbocycles. The van der Waals surface area contributed by atoms with Crippen LogP contribution in [0.25, 0.3) is 28.0 Å². The summed E-state index contributed by atoms with van der Waals surface area (Å²) >= 11 is -1.03. The summed E-state index contributed by atoms with van der Waals surface area (Å²) in [5.74, 6) is 0.0285. The molecule has 7 nitrogen and oxygen atoms in total. The van der Waals surface area contributed by atoms with Crippen LogP contribution in [-0.4, -0.2) is 50.1 Å². The van der Waals surface area contributed by atoms with Crippen molar-refractivity contribution >= 4 is 22.9 Å². The van der Waals surface area contributed by atoms with Crippen molar-refractivity contribution in [3.8, 4) is 28.5 Å². The van der Waals surface area contributed by atoms with Gasteiger partial charge in [0, 0.05) is 41.8 Å². The van der Waals surface area contributed by atoms with Gasteiger partial charge in [0.1, 0.15) is 11.9 Å². The zero-order valence-corrected chi connectivity index (χ0v) is 20.2. The quantitative estimate of drug-likeness (QED) is 0.433. The summed E-state index contributed by atoms with van der Waals surface area (Å²) in [5.41, 5.74) is 6.09. The number of likely N-dealkylation sites (tertiary alicyclic amines) is 1. The Balaban J connectivity index is 1.33. The number of carbonyl (C=O) groups is 1. The Morgan fingerprint density at radius 3 is 2.34 bits per heavy atom. The molecule has 0 saturated carbocycles. The molecule has 0 radical (unpaired) electrons. The lowest BCUT2D eigenvalue weighted by molar-refractivity contribution is 0.0711. The fourth-order valence-corrected chi connectivity index (χ4v) is 5.21. The average Bonchev–Trinajstić information content (AvgIpc) is 3.32. The zero-order chi connectivity index (χ0) is 24.4. The molecule has 1 aliphatic heterocycles. The van der Waals surface area contributed by atoms with Crippen molar-refractivity contribution in [1.29, 1.82) is 5.26 Å². The standard InChI is InChI=1S/C27H25N5O2S/c1-35(34)30-24-12-14-31(15-13-24)27(33)22-8-6-20(7-9-22)23-10-11-26-29-17-25(32(26)18-23)21-4-2-19(16-28)3-5-21/h2-11,17-18,24,30H,12-15H2,1H3. The number of amides is 1. The van der Waals surface area contributed by atoms with Crippen LogP contribution in [0.3, 0.4) is 0 Å². The molecule has 1 fully saturated rings. The monoisotopic (exact) mass is 483 g/mol. The van der Waals surface area contributed by atoms with Gasteiger partial charge in [-0.05, 0) is 60.4 Å². The number of nitrogens with one attached hydrogen (secondary N) is 1. The molecule has 2 aromatic heterocycles. The number of nitriles is 1. The van der Waals surface area contributed by atoms with Gasteiger partial charge in [0.05, 0.1) is 29.6 Å². The van der Waals surface area contributed by atoms with Crippen LogP contribution in [0.2, 0.25) is 0 Å². The summed E-state index contributed by atoms with van der Waals surface area (Å²) in [6, 6.07) is 21.5. The fraction of sp³-hybridized carbons (Fsp3) is 0.222. The predicted octanol–water partition coefficient (Wildman–Crippen LogP) is 4.03. The molecule has 1 aliphatic rings. The second-order valence-corrected chi connectivity index (χ2v) is 9.84. The minimum Gasteiger partial charge on any atom is -0.598 e. The van der Waals surface area contributed by atoms with Crippen LogP contribution < -0.4 is 4.72 Å². The van der Waals surface area contributed by atoms with Gasteiger partial charge in [-0.25, -0.2) is 4.98 Å². The van der Waals surface area contributed by atoms with Crippen LogP contribution in [0.15, 0.2) is 73.1 Å². The van der Waals surface area contributed by atoms with Gasteiger partial charge in [-0.1, -0.05) is 24.3 Å². The average molecular weight is 484 g/mol. The minimum absolute atomic E-state index is 0.0285. The first-order valence-electron chi connectivity index (χ1n) is 11.5. The first-order valence-corrected chi connectivity index (χ1v) is 13.0. The van der Waals surface area contributed by atoms with Crippen molar-refractivity contribution in [1.82, 2.24) is 19.0 Å². The smallest absolute Gasteiger partial charge is 0.253 e. The van der Waals surface area contributed by atoms with E-state index in [2.05, 4.69) is 15.8 Å². The number of nitrogens with zero attached hydrogens (tertiary/aromatic N) is 4. The normalized spacial score (nSPS) is 15.2. The molecular formula is C27H25N5O2S. The maximum absolute atomic E-state index is 13.0. The highest BCUT2D eigenvalue weighted by molar-refractivity contribution is 7.88. The van der Waals surface area contributed by atoms with E-state index in [9.17, 15) is 9.35 Å². The lowest BCUT2D eigenvalue weighted by Gasteiger charge is -2.31. The maximum Gasteiger partial charge on any atom is 0.253 e. The van der Waals surface area contributed by atoms with E-state index in [1.165, 1.54) is 0 Å². The highest BCUT2D eigenvalue weighted by Crippen LogP contribution is 2.26. The van der Waals surface area contributed by atoms with E-state index in [0.29, 0.717) is 24.2 Å². The summed E-state index contributed by atoms with van der Waals surface area (Å²) < 4.78 is 16.5. The Kier molecular flexibility index (Phi) is 6.55. The first kappa shape index (κ1) is 23.1. The Morgan fingerprint density at radius 1 is 1.03 bits per heavy atom. The number of fused-ring (bicyclic) bond motifs is 1. The van der Waals surface area contributed by atoms with Gasteiger partial charge in [-0.3, -0.25) is 9.20 Å². The highest BCUT2D eigenvalue weighted by atomic mass is 32.2. The van der Waals surface area contributed by atoms with Crippen LogP contribution >= 0.6 is 0 Å². The number of hydrogen-bond donors (Lipinski definition) is 1. The van der Waals surface area contributed by atoms with Crippen LogP contribution in [0.4, 0.5) is 0 Å². The van der Waals surface area contributed by atoms with Gasteiger partial charge in [-0.2, -0.15) is 5.26 Å². The van der Waals surface area contributed by atoms with Gasteiger partial charge < -0.3 is 9.45 Å². The molecule has 1 atom stereocenters. The second kappa shape index (κ2) is 9.92. The fourth-order valence-electron chi connectivity index (χ4n) is 4.50. The van der Waals surface area contributed by atoms with Crippen molar-refractivity contribution in [2.24, 2.45) is 0 Å². The van der Waals surface area contributed by atoms with Crippen molar-refractivity contribution < 1.29 is 9.35 Å². The molecule has 1 unspecified atom stereocenters. The molecular weight excluding hydrogens is 458 g/mol. The summed E-state index contributed by atoms with van der Waals surface area (Å²) in [7, 11) is 0. The summed E-state index contributed by atoms with van der Waals surface area (Å²) in [6.07, 6.45) is 7.12. The molecule has 176 valence electrons. The van der Waals surface area contributed by atoms with Gasteiger partial charge >= 0.3 is 0 Å². The molecule has 2 aromatic carbocycles. The van der Waals surface area contributed by atoms with E-state index < -0.39 is 11.4 Å². The molecule has 1 amide bonds. The molecule has 1 saturated heterocycles. The summed E-state index contributed by atoms with van der Waals surface area (Å²) in [4.78, 5) is 19.4. The van der Waals surface area contributed by atoms with E-state index in [4.69, 9.17) is 5.26 Å². The van der Waals surface area contributed by atoms with E-state index in [0.717, 1.165) is 40.9 Å². The van der Waals surface area contributed by atoms with Crippen molar-refractivity contribution in [3.05, 3.63) is 84.2 Å². The van der Waals surface area contributed by atoms with Gasteiger partial charge in [0.15, 0.2) is 0 Å². The SMILES string of the molecule is C[S+]([O-])NC1CCN(C(=O)c2ccc(-c3ccc4ncc(-c5ccc(C#N)cc5)n4c3)cc2)CC1. The van der Waals surface area contributed by atoms with E-state index in [1.54, 1.807) is 18.4 Å². The number of piperidine rings is 1. The number of pyridine rings is 1. The lowest BCUT2D eigenvalue weighted by atomic mass is 10.0. The molecule has 4 aromatic rings. The predicted molar refractivity (Wildman–Crippen MR) is 137 cm³/mol. The van der Waals surface area contributed by atoms with E-state index in [-0.39, 0.29) is 11.9 Å². The van der Waals surface area contributed by atoms with Crippen LogP contribution in [0, 0.1) is 11.3 Å². The van der Waals surface area contributed by atoms with Gasteiger partial charge in [0.25, 0.3) is 5.91 Å². The number of aromatic nitrogens is 2. The van der Waals surface area contributed by atoms with Crippen molar-refractivity contribution in [3.63, 3.8) is 0 Å². The lowest BCUT2D eigenvalue weighted by Crippen LogP contribution is -2.46. The van der Waals surface area contributed by atoms with Crippen LogP contribution in [-0.2, 0) is 11.4 Å². The molecule has 5 rings (SSSR count). The number of hydrogen-bond acceptors (Lipinski definition) is 5. The van der Waals surface area contributed by atoms with E-state index in [1.807, 2.05) is 70.2 Å². The van der Waals surface area contributed by atoms with E-state index >= 15 is 0 Å². The van der Waals surface area contributed by atoms with Gasteiger partial charge in [-0.15, -0.1) is 4.72 Å². The van der Waals surface area contributed by atoms with Crippen LogP contribution in [0.5, 0.6) is 0 Å². The van der Waals surface area contributed by atoms with Gasteiger partial charge in [0.2, 0.25) is 0 Å². The molecule has 0 spiro atoms. The largest absolute Gasteiger partial charge is 0.598 e. The molecule has 3 heterocycles. The third-order valence-corrected chi connectivity index (χ3v) is 7.06. The third kappa shape index (κ3) is 4.93. The zero-order valence-electron chi connectivity index (χ0n) is 19.3. The Morgan fingerprint density at radius 2 is 1.69 bits per heavy atom. The molecule has 0 bridgehead atoms. The number of benzene rings is 2. The Hall–Kier alpha value is -3.64. The second-order valence-electron chi connectivity index (χ2n) is 8.69. The topological polar surface area (TPSA) is 96.5 Å². The minimum atomic E-state index is -1.03. The summed E-state index contributed by atoms with van der Waals surface area (Å²) in [6.45, 7) is 1.32. The maximum atomic E-state index is 13.0. The molecule has 1 N–H and O–H groups in total. The third-order valence-electron chi connectivity index (χ3n) is 6.40. The molecule has 8 heteroatoms. The number of carbonyl (C=O) groups excluding carboxylic acids is 1. The highest BCUT2D eigenvalue weighted by Gasteiger charge is 2.25. The van der Waals surface area contributed by atoms with Crippen LogP contribution in [0.1, 0.15) is 28.8 Å². The number of imidazole rings is 1. The number of rotatable bonds is 5. The Bertz CT molecular complexity index is 1380. The molecule has 35 heavy (non-hydrogen) atoms. The van der Waals surface area contributed by atoms with Crippen molar-refractivity contribution in [2.45, 2.75) is 18.9 Å². The Labute approximate surface area is 207 Å². The summed E-state index contributed by atoms with van der Waals surface area (Å²) in [5, 5.41) is 9.06. The first-order chi connectivity index (χ1) is 17.0.